The third kappa shape index (κ3) is 3.79. The fourth-order valence-electron chi connectivity index (χ4n) is 2.77. The topological polar surface area (TPSA) is 0 Å². The van der Waals surface area contributed by atoms with E-state index in [1.165, 1.54) is 50.2 Å². The van der Waals surface area contributed by atoms with Gasteiger partial charge in [-0.3, -0.25) is 0 Å². The summed E-state index contributed by atoms with van der Waals surface area (Å²) in [7, 11) is -0.982. The SMILES string of the molecule is CC[Si](/C=C/C1CCCCC1)(CC)CC. The molecule has 1 fully saturated rings. The van der Waals surface area contributed by atoms with Crippen molar-refractivity contribution >= 4 is 8.07 Å². The fourth-order valence-corrected chi connectivity index (χ4v) is 5.66. The zero-order chi connectivity index (χ0) is 11.1. The van der Waals surface area contributed by atoms with Crippen LogP contribution in [0.4, 0.5) is 0 Å². The second-order valence-electron chi connectivity index (χ2n) is 5.18. The van der Waals surface area contributed by atoms with E-state index in [2.05, 4.69) is 32.5 Å². The molecule has 0 nitrogen and oxygen atoms in total. The molecule has 0 N–H and O–H groups in total. The van der Waals surface area contributed by atoms with E-state index in [0.717, 1.165) is 5.92 Å². The van der Waals surface area contributed by atoms with Crippen LogP contribution in [-0.4, -0.2) is 8.07 Å². The highest BCUT2D eigenvalue weighted by Gasteiger charge is 2.23. The summed E-state index contributed by atoms with van der Waals surface area (Å²) >= 11 is 0. The highest BCUT2D eigenvalue weighted by molar-refractivity contribution is 6.84. The zero-order valence-corrected chi connectivity index (χ0v) is 11.9. The van der Waals surface area contributed by atoms with Gasteiger partial charge in [-0.1, -0.05) is 69.9 Å². The summed E-state index contributed by atoms with van der Waals surface area (Å²) in [6.45, 7) is 7.18. The summed E-state index contributed by atoms with van der Waals surface area (Å²) in [4.78, 5) is 0. The van der Waals surface area contributed by atoms with E-state index in [-0.39, 0.29) is 0 Å². The lowest BCUT2D eigenvalue weighted by molar-refractivity contribution is 0.419. The second-order valence-corrected chi connectivity index (χ2v) is 10.4. The molecule has 1 rings (SSSR count). The second kappa shape index (κ2) is 6.52. The molecule has 0 amide bonds. The molecular formula is C14H28Si. The lowest BCUT2D eigenvalue weighted by atomic mass is 9.90. The Hall–Kier alpha value is -0.0431. The minimum absolute atomic E-state index is 0.926. The van der Waals surface area contributed by atoms with Crippen LogP contribution >= 0.6 is 0 Å². The van der Waals surface area contributed by atoms with Gasteiger partial charge in [0.2, 0.25) is 0 Å². The van der Waals surface area contributed by atoms with Crippen molar-refractivity contribution in [3.05, 3.63) is 11.8 Å². The van der Waals surface area contributed by atoms with Crippen molar-refractivity contribution in [2.75, 3.05) is 0 Å². The van der Waals surface area contributed by atoms with Crippen LogP contribution in [0.3, 0.4) is 0 Å². The standard InChI is InChI=1S/C14H28Si/c1-4-15(5-2,6-3)13-12-14-10-8-7-9-11-14/h12-14H,4-11H2,1-3H3/b13-12+. The van der Waals surface area contributed by atoms with E-state index in [0.29, 0.717) is 0 Å². The molecule has 88 valence electrons. The third-order valence-corrected chi connectivity index (χ3v) is 9.61. The largest absolute Gasteiger partial charge is 0.0979 e. The van der Waals surface area contributed by atoms with Gasteiger partial charge in [0, 0.05) is 0 Å². The molecule has 0 spiro atoms. The minimum atomic E-state index is -0.982. The van der Waals surface area contributed by atoms with Gasteiger partial charge in [-0.25, -0.2) is 0 Å². The summed E-state index contributed by atoms with van der Waals surface area (Å²) in [5.74, 6) is 0.926. The van der Waals surface area contributed by atoms with E-state index in [1.54, 1.807) is 0 Å². The number of rotatable bonds is 5. The van der Waals surface area contributed by atoms with Crippen molar-refractivity contribution < 1.29 is 0 Å². The molecular weight excluding hydrogens is 196 g/mol. The van der Waals surface area contributed by atoms with Gasteiger partial charge in [-0.2, -0.15) is 0 Å². The van der Waals surface area contributed by atoms with Crippen LogP contribution in [-0.2, 0) is 0 Å². The van der Waals surface area contributed by atoms with Crippen molar-refractivity contribution in [2.24, 2.45) is 5.92 Å². The van der Waals surface area contributed by atoms with Gasteiger partial charge in [0.1, 0.15) is 0 Å². The Morgan fingerprint density at radius 2 is 1.47 bits per heavy atom. The molecule has 1 saturated carbocycles. The van der Waals surface area contributed by atoms with Crippen molar-refractivity contribution in [1.29, 1.82) is 0 Å². The number of hydrogen-bond acceptors (Lipinski definition) is 0. The van der Waals surface area contributed by atoms with Crippen LogP contribution < -0.4 is 0 Å². The van der Waals surface area contributed by atoms with Gasteiger partial charge in [0.15, 0.2) is 0 Å². The minimum Gasteiger partial charge on any atom is -0.0979 e. The molecule has 0 aromatic rings. The van der Waals surface area contributed by atoms with Crippen LogP contribution in [0.2, 0.25) is 18.1 Å². The maximum absolute atomic E-state index is 2.68. The van der Waals surface area contributed by atoms with Crippen LogP contribution in [0.15, 0.2) is 11.8 Å². The third-order valence-electron chi connectivity index (χ3n) is 4.48. The predicted molar refractivity (Wildman–Crippen MR) is 72.9 cm³/mol. The molecule has 0 heterocycles. The highest BCUT2D eigenvalue weighted by atomic mass is 28.3. The van der Waals surface area contributed by atoms with E-state index in [1.807, 2.05) is 0 Å². The smallest absolute Gasteiger partial charge is 0.0766 e. The number of allylic oxidation sites excluding steroid dienone is 1. The first-order valence-electron chi connectivity index (χ1n) is 6.95. The first-order chi connectivity index (χ1) is 7.26. The van der Waals surface area contributed by atoms with Gasteiger partial charge < -0.3 is 0 Å². The molecule has 15 heavy (non-hydrogen) atoms. The molecule has 0 aromatic heterocycles. The molecule has 0 aliphatic heterocycles. The average Bonchev–Trinajstić information content (AvgIpc) is 2.33. The Kier molecular flexibility index (Phi) is 5.66. The summed E-state index contributed by atoms with van der Waals surface area (Å²) in [6, 6.07) is 4.30. The summed E-state index contributed by atoms with van der Waals surface area (Å²) in [5, 5.41) is 0. The van der Waals surface area contributed by atoms with Crippen LogP contribution in [0.25, 0.3) is 0 Å². The Bertz CT molecular complexity index is 177. The first kappa shape index (κ1) is 13.0. The molecule has 0 unspecified atom stereocenters. The molecule has 0 radical (unpaired) electrons. The zero-order valence-electron chi connectivity index (χ0n) is 10.9. The maximum atomic E-state index is 2.68. The number of hydrogen-bond donors (Lipinski definition) is 0. The average molecular weight is 224 g/mol. The van der Waals surface area contributed by atoms with Crippen molar-refractivity contribution in [3.63, 3.8) is 0 Å². The highest BCUT2D eigenvalue weighted by Crippen LogP contribution is 2.27. The molecule has 0 aromatic carbocycles. The van der Waals surface area contributed by atoms with Gasteiger partial charge >= 0.3 is 0 Å². The van der Waals surface area contributed by atoms with E-state index in [9.17, 15) is 0 Å². The summed E-state index contributed by atoms with van der Waals surface area (Å²) in [5.41, 5.74) is 2.68. The van der Waals surface area contributed by atoms with Crippen LogP contribution in [0, 0.1) is 5.92 Å². The molecule has 0 saturated heterocycles. The molecule has 1 aliphatic rings. The lowest BCUT2D eigenvalue weighted by Crippen LogP contribution is -2.29. The Balaban J connectivity index is 2.51. The first-order valence-corrected chi connectivity index (χ1v) is 9.65. The van der Waals surface area contributed by atoms with E-state index < -0.39 is 8.07 Å². The van der Waals surface area contributed by atoms with Gasteiger partial charge in [0.05, 0.1) is 8.07 Å². The van der Waals surface area contributed by atoms with Crippen LogP contribution in [0.1, 0.15) is 52.9 Å². The monoisotopic (exact) mass is 224 g/mol. The maximum Gasteiger partial charge on any atom is 0.0766 e. The summed E-state index contributed by atoms with van der Waals surface area (Å²) in [6.07, 6.45) is 9.92. The predicted octanol–water partition coefficient (Wildman–Crippen LogP) is 5.17. The summed E-state index contributed by atoms with van der Waals surface area (Å²) < 4.78 is 0. The molecule has 1 aliphatic carbocycles. The Labute approximate surface area is 97.2 Å². The van der Waals surface area contributed by atoms with Crippen molar-refractivity contribution in [3.8, 4) is 0 Å². The Morgan fingerprint density at radius 1 is 0.933 bits per heavy atom. The lowest BCUT2D eigenvalue weighted by Gasteiger charge is -2.25. The van der Waals surface area contributed by atoms with Gasteiger partial charge in [0.25, 0.3) is 0 Å². The van der Waals surface area contributed by atoms with Gasteiger partial charge in [-0.15, -0.1) is 0 Å². The van der Waals surface area contributed by atoms with Crippen molar-refractivity contribution in [1.82, 2.24) is 0 Å². The normalized spacial score (nSPS) is 19.9. The van der Waals surface area contributed by atoms with Gasteiger partial charge in [-0.05, 0) is 18.8 Å². The molecule has 1 heteroatoms. The van der Waals surface area contributed by atoms with E-state index >= 15 is 0 Å². The van der Waals surface area contributed by atoms with Crippen molar-refractivity contribution in [2.45, 2.75) is 71.0 Å². The van der Waals surface area contributed by atoms with E-state index in [4.69, 9.17) is 0 Å². The fraction of sp³-hybridized carbons (Fsp3) is 0.857. The molecule has 0 bridgehead atoms. The Morgan fingerprint density at radius 3 is 1.93 bits per heavy atom. The quantitative estimate of drug-likeness (QED) is 0.565. The van der Waals surface area contributed by atoms with Crippen LogP contribution in [0.5, 0.6) is 0 Å². The molecule has 0 atom stereocenters.